The van der Waals surface area contributed by atoms with E-state index in [9.17, 15) is 18.0 Å². The largest absolute Gasteiger partial charge is 0.396 e. The lowest BCUT2D eigenvalue weighted by Gasteiger charge is -2.14. The zero-order valence-electron chi connectivity index (χ0n) is 14.8. The second kappa shape index (κ2) is 9.94. The number of hydrogen-bond acceptors (Lipinski definition) is 4. The fraction of sp³-hybridized carbons (Fsp3) is 0.316. The van der Waals surface area contributed by atoms with Gasteiger partial charge >= 0.3 is 0 Å². The SMILES string of the molecule is Cc1ccc(NC2=C(C(=O)NOCCCCO)C=CCC(F)=C2F)c(F)c1. The minimum Gasteiger partial charge on any atom is -0.396 e. The zero-order chi connectivity index (χ0) is 19.8. The molecular weight excluding hydrogens is 361 g/mol. The summed E-state index contributed by atoms with van der Waals surface area (Å²) in [6, 6.07) is 4.20. The van der Waals surface area contributed by atoms with Gasteiger partial charge in [-0.25, -0.2) is 18.7 Å². The van der Waals surface area contributed by atoms with Crippen molar-refractivity contribution in [1.29, 1.82) is 0 Å². The number of amides is 1. The van der Waals surface area contributed by atoms with Crippen molar-refractivity contribution in [3.63, 3.8) is 0 Å². The van der Waals surface area contributed by atoms with Crippen LogP contribution in [0.25, 0.3) is 0 Å². The molecule has 0 saturated carbocycles. The molecular formula is C19H21F3N2O3. The Morgan fingerprint density at radius 3 is 2.74 bits per heavy atom. The number of allylic oxidation sites excluding steroid dienone is 3. The van der Waals surface area contributed by atoms with Gasteiger partial charge in [-0.2, -0.15) is 0 Å². The van der Waals surface area contributed by atoms with Crippen LogP contribution in [0, 0.1) is 12.7 Å². The zero-order valence-corrected chi connectivity index (χ0v) is 14.8. The molecule has 2 rings (SSSR count). The minimum atomic E-state index is -1.27. The van der Waals surface area contributed by atoms with E-state index in [0.29, 0.717) is 18.4 Å². The van der Waals surface area contributed by atoms with Crippen molar-refractivity contribution in [2.75, 3.05) is 18.5 Å². The molecule has 1 aromatic carbocycles. The Bertz CT molecular complexity index is 788. The van der Waals surface area contributed by atoms with Gasteiger partial charge in [-0.15, -0.1) is 0 Å². The Kier molecular flexibility index (Phi) is 7.63. The molecule has 1 aromatic rings. The average Bonchev–Trinajstić information content (AvgIpc) is 2.77. The third kappa shape index (κ3) is 5.70. The van der Waals surface area contributed by atoms with Crippen LogP contribution in [0.15, 0.2) is 53.3 Å². The molecule has 146 valence electrons. The number of anilines is 1. The summed E-state index contributed by atoms with van der Waals surface area (Å²) in [6.07, 6.45) is 3.21. The first-order chi connectivity index (χ1) is 12.9. The number of aryl methyl sites for hydroxylation is 1. The molecule has 8 heteroatoms. The molecule has 0 aromatic heterocycles. The van der Waals surface area contributed by atoms with Gasteiger partial charge in [0.1, 0.15) is 11.6 Å². The second-order valence-electron chi connectivity index (χ2n) is 5.93. The van der Waals surface area contributed by atoms with Crippen LogP contribution in [0.3, 0.4) is 0 Å². The maximum atomic E-state index is 14.5. The number of aliphatic hydroxyl groups excluding tert-OH is 1. The summed E-state index contributed by atoms with van der Waals surface area (Å²) < 4.78 is 42.5. The van der Waals surface area contributed by atoms with Gasteiger partial charge in [0.2, 0.25) is 0 Å². The molecule has 5 nitrogen and oxygen atoms in total. The molecule has 0 aliphatic heterocycles. The van der Waals surface area contributed by atoms with E-state index in [2.05, 4.69) is 10.8 Å². The predicted molar refractivity (Wildman–Crippen MR) is 95.2 cm³/mol. The van der Waals surface area contributed by atoms with Crippen LogP contribution < -0.4 is 10.8 Å². The predicted octanol–water partition coefficient (Wildman–Crippen LogP) is 3.73. The number of aliphatic hydroxyl groups is 1. The lowest BCUT2D eigenvalue weighted by atomic mass is 10.1. The van der Waals surface area contributed by atoms with Crippen LogP contribution in [0.4, 0.5) is 18.9 Å². The number of carbonyl (C=O) groups is 1. The van der Waals surface area contributed by atoms with Crippen molar-refractivity contribution in [3.05, 3.63) is 64.7 Å². The van der Waals surface area contributed by atoms with E-state index in [-0.39, 0.29) is 30.9 Å². The highest BCUT2D eigenvalue weighted by molar-refractivity contribution is 5.97. The summed E-state index contributed by atoms with van der Waals surface area (Å²) in [7, 11) is 0. The third-order valence-corrected chi connectivity index (χ3v) is 3.76. The van der Waals surface area contributed by atoms with E-state index < -0.39 is 29.1 Å². The highest BCUT2D eigenvalue weighted by Crippen LogP contribution is 2.29. The van der Waals surface area contributed by atoms with Crippen molar-refractivity contribution >= 4 is 11.6 Å². The van der Waals surface area contributed by atoms with E-state index in [1.807, 2.05) is 0 Å². The standard InChI is InChI=1S/C19H21F3N2O3/c1-12-7-8-16(15(21)11-12)23-18-13(5-4-6-14(20)17(18)22)19(26)24-27-10-3-2-9-25/h4-5,7-8,11,23,25H,2-3,6,9-10H2,1H3,(H,24,26). The van der Waals surface area contributed by atoms with Gasteiger partial charge in [-0.1, -0.05) is 18.2 Å². The molecule has 0 atom stereocenters. The summed E-state index contributed by atoms with van der Waals surface area (Å²) in [5.74, 6) is -3.82. The van der Waals surface area contributed by atoms with Crippen LogP contribution in [-0.4, -0.2) is 24.2 Å². The van der Waals surface area contributed by atoms with Gasteiger partial charge in [0.25, 0.3) is 5.91 Å². The second-order valence-corrected chi connectivity index (χ2v) is 5.93. The number of nitrogens with one attached hydrogen (secondary N) is 2. The van der Waals surface area contributed by atoms with Gasteiger partial charge < -0.3 is 10.4 Å². The Labute approximate surface area is 155 Å². The molecule has 0 spiro atoms. The molecule has 0 fully saturated rings. The number of benzene rings is 1. The summed E-state index contributed by atoms with van der Waals surface area (Å²) in [5, 5.41) is 11.2. The maximum absolute atomic E-state index is 14.5. The van der Waals surface area contributed by atoms with Crippen LogP contribution in [0.2, 0.25) is 0 Å². The summed E-state index contributed by atoms with van der Waals surface area (Å²) >= 11 is 0. The topological polar surface area (TPSA) is 70.6 Å². The Morgan fingerprint density at radius 1 is 1.26 bits per heavy atom. The Balaban J connectivity index is 2.27. The molecule has 0 saturated heterocycles. The number of rotatable bonds is 8. The van der Waals surface area contributed by atoms with E-state index in [0.717, 1.165) is 0 Å². The molecule has 0 bridgehead atoms. The van der Waals surface area contributed by atoms with Crippen LogP contribution in [0.1, 0.15) is 24.8 Å². The third-order valence-electron chi connectivity index (χ3n) is 3.76. The van der Waals surface area contributed by atoms with Crippen molar-refractivity contribution in [2.24, 2.45) is 0 Å². The first-order valence-electron chi connectivity index (χ1n) is 8.45. The van der Waals surface area contributed by atoms with E-state index >= 15 is 0 Å². The van der Waals surface area contributed by atoms with Crippen molar-refractivity contribution < 1.29 is 27.9 Å². The van der Waals surface area contributed by atoms with Crippen LogP contribution in [0.5, 0.6) is 0 Å². The number of hydrogen-bond donors (Lipinski definition) is 3. The number of halogens is 3. The highest BCUT2D eigenvalue weighted by atomic mass is 19.2. The lowest BCUT2D eigenvalue weighted by molar-refractivity contribution is -0.129. The Hall–Kier alpha value is -2.58. The van der Waals surface area contributed by atoms with E-state index in [1.165, 1.54) is 24.3 Å². The first-order valence-corrected chi connectivity index (χ1v) is 8.45. The van der Waals surface area contributed by atoms with Gasteiger partial charge in [-0.3, -0.25) is 9.63 Å². The highest BCUT2D eigenvalue weighted by Gasteiger charge is 2.23. The van der Waals surface area contributed by atoms with Gasteiger partial charge in [0.05, 0.1) is 23.6 Å². The molecule has 1 aliphatic carbocycles. The normalized spacial score (nSPS) is 14.4. The number of carbonyl (C=O) groups excluding carboxylic acids is 1. The van der Waals surface area contributed by atoms with Gasteiger partial charge in [-0.05, 0) is 37.5 Å². The molecule has 0 heterocycles. The summed E-state index contributed by atoms with van der Waals surface area (Å²) in [4.78, 5) is 17.3. The smallest absolute Gasteiger partial charge is 0.277 e. The maximum Gasteiger partial charge on any atom is 0.277 e. The average molecular weight is 382 g/mol. The molecule has 1 aliphatic rings. The van der Waals surface area contributed by atoms with E-state index in [4.69, 9.17) is 9.94 Å². The van der Waals surface area contributed by atoms with E-state index in [1.54, 1.807) is 13.0 Å². The quantitative estimate of drug-likeness (QED) is 0.473. The number of hydroxylamine groups is 1. The number of unbranched alkanes of at least 4 members (excludes halogenated alkanes) is 1. The molecule has 3 N–H and O–H groups in total. The Morgan fingerprint density at radius 2 is 2.04 bits per heavy atom. The fourth-order valence-corrected chi connectivity index (χ4v) is 2.33. The van der Waals surface area contributed by atoms with Crippen molar-refractivity contribution in [1.82, 2.24) is 5.48 Å². The lowest BCUT2D eigenvalue weighted by Crippen LogP contribution is -2.27. The molecule has 0 radical (unpaired) electrons. The molecule has 27 heavy (non-hydrogen) atoms. The van der Waals surface area contributed by atoms with Crippen molar-refractivity contribution in [2.45, 2.75) is 26.2 Å². The van der Waals surface area contributed by atoms with Crippen molar-refractivity contribution in [3.8, 4) is 0 Å². The van der Waals surface area contributed by atoms with Crippen LogP contribution in [-0.2, 0) is 9.63 Å². The fourth-order valence-electron chi connectivity index (χ4n) is 2.33. The van der Waals surface area contributed by atoms with Crippen LogP contribution >= 0.6 is 0 Å². The van der Waals surface area contributed by atoms with Gasteiger partial charge in [0.15, 0.2) is 5.83 Å². The molecule has 1 amide bonds. The molecule has 0 unspecified atom stereocenters. The monoisotopic (exact) mass is 382 g/mol. The summed E-state index contributed by atoms with van der Waals surface area (Å²) in [6.45, 7) is 1.83. The minimum absolute atomic E-state index is 0.00331. The first kappa shape index (κ1) is 20.7. The summed E-state index contributed by atoms with van der Waals surface area (Å²) in [5.41, 5.74) is 1.98. The van der Waals surface area contributed by atoms with Gasteiger partial charge in [0, 0.05) is 13.0 Å².